The number of anilines is 1. The number of hydrogen-bond acceptors (Lipinski definition) is 10. The van der Waals surface area contributed by atoms with E-state index in [1.807, 2.05) is 23.5 Å². The summed E-state index contributed by atoms with van der Waals surface area (Å²) in [5.74, 6) is -1.18. The van der Waals surface area contributed by atoms with Crippen molar-refractivity contribution in [2.75, 3.05) is 44.7 Å². The third-order valence-corrected chi connectivity index (χ3v) is 9.87. The summed E-state index contributed by atoms with van der Waals surface area (Å²) in [4.78, 5) is 57.8. The largest absolute Gasteiger partial charge is 0.478 e. The Kier molecular flexibility index (Phi) is 8.64. The van der Waals surface area contributed by atoms with Crippen LogP contribution in [0.15, 0.2) is 76.5 Å². The van der Waals surface area contributed by atoms with Crippen LogP contribution >= 0.6 is 22.9 Å². The van der Waals surface area contributed by atoms with Crippen LogP contribution in [0.4, 0.5) is 15.1 Å². The molecule has 16 heteroatoms. The first-order chi connectivity index (χ1) is 23.6. The summed E-state index contributed by atoms with van der Waals surface area (Å²) in [5.41, 5.74) is 2.78. The van der Waals surface area contributed by atoms with Crippen molar-refractivity contribution in [1.82, 2.24) is 29.7 Å². The minimum atomic E-state index is -1.01. The number of halogens is 2. The topological polar surface area (TPSA) is 145 Å². The highest BCUT2D eigenvalue weighted by Gasteiger charge is 2.43. The molecule has 2 N–H and O–H groups in total. The number of carbonyl (C=O) groups excluding carboxylic acids is 2. The number of aliphatic imine (C=N–C) groups is 1. The van der Waals surface area contributed by atoms with Gasteiger partial charge in [0.25, 0.3) is 0 Å². The van der Waals surface area contributed by atoms with E-state index in [-0.39, 0.29) is 28.2 Å². The zero-order chi connectivity index (χ0) is 34.4. The van der Waals surface area contributed by atoms with Crippen LogP contribution in [0.1, 0.15) is 27.0 Å². The number of nitrogens with one attached hydrogen (secondary N) is 1. The van der Waals surface area contributed by atoms with Crippen molar-refractivity contribution in [3.63, 3.8) is 0 Å². The highest BCUT2D eigenvalue weighted by atomic mass is 35.5. The number of fused-ring (bicyclic) bond motifs is 1. The summed E-state index contributed by atoms with van der Waals surface area (Å²) in [7, 11) is 3.11. The molecule has 13 nitrogen and oxygen atoms in total. The van der Waals surface area contributed by atoms with Crippen LogP contribution < -0.4 is 10.2 Å². The van der Waals surface area contributed by atoms with Gasteiger partial charge in [0.1, 0.15) is 11.9 Å². The van der Waals surface area contributed by atoms with Gasteiger partial charge in [-0.25, -0.2) is 28.7 Å². The maximum atomic E-state index is 14.0. The van der Waals surface area contributed by atoms with Gasteiger partial charge in [-0.1, -0.05) is 29.8 Å². The Morgan fingerprint density at radius 2 is 1.96 bits per heavy atom. The first kappa shape index (κ1) is 32.4. The van der Waals surface area contributed by atoms with Gasteiger partial charge in [-0.05, 0) is 24.3 Å². The van der Waals surface area contributed by atoms with Gasteiger partial charge in [-0.15, -0.1) is 11.3 Å². The molecule has 0 spiro atoms. The zero-order valence-electron chi connectivity index (χ0n) is 26.3. The number of carbonyl (C=O) groups is 3. The predicted octanol–water partition coefficient (Wildman–Crippen LogP) is 4.18. The van der Waals surface area contributed by atoms with Crippen LogP contribution in [0, 0.1) is 5.82 Å². The predicted molar refractivity (Wildman–Crippen MR) is 180 cm³/mol. The number of piperazine rings is 1. The van der Waals surface area contributed by atoms with Crippen LogP contribution in [0.5, 0.6) is 0 Å². The molecule has 252 valence electrons. The highest BCUT2D eigenvalue weighted by molar-refractivity contribution is 7.11. The monoisotopic (exact) mass is 704 g/mol. The van der Waals surface area contributed by atoms with Crippen molar-refractivity contribution in [3.05, 3.63) is 98.5 Å². The Morgan fingerprint density at radius 3 is 2.65 bits per heavy atom. The van der Waals surface area contributed by atoms with Crippen LogP contribution in [-0.2, 0) is 16.6 Å². The Balaban J connectivity index is 1.14. The number of aromatic carboxylic acids is 1. The molecule has 4 aromatic rings. The van der Waals surface area contributed by atoms with Gasteiger partial charge in [0.15, 0.2) is 10.8 Å². The summed E-state index contributed by atoms with van der Waals surface area (Å²) < 4.78 is 21.0. The van der Waals surface area contributed by atoms with E-state index in [9.17, 15) is 23.9 Å². The summed E-state index contributed by atoms with van der Waals surface area (Å²) in [5, 5.41) is 15.1. The number of urea groups is 1. The first-order valence-electron chi connectivity index (χ1n) is 15.3. The van der Waals surface area contributed by atoms with Gasteiger partial charge >= 0.3 is 18.0 Å². The van der Waals surface area contributed by atoms with Crippen LogP contribution in [0.25, 0.3) is 11.3 Å². The van der Waals surface area contributed by atoms with Crippen molar-refractivity contribution >= 4 is 52.7 Å². The van der Waals surface area contributed by atoms with E-state index < -0.39 is 23.8 Å². The lowest BCUT2D eigenvalue weighted by atomic mass is 9.95. The molecule has 49 heavy (non-hydrogen) atoms. The van der Waals surface area contributed by atoms with Gasteiger partial charge in [-0.3, -0.25) is 14.8 Å². The number of aromatic nitrogens is 3. The molecular weight excluding hydrogens is 675 g/mol. The minimum Gasteiger partial charge on any atom is -0.478 e. The Hall–Kier alpha value is -5.12. The number of amides is 2. The van der Waals surface area contributed by atoms with Crippen molar-refractivity contribution in [2.24, 2.45) is 12.0 Å². The molecular formula is C33H30ClFN8O5S. The third kappa shape index (κ3) is 6.16. The van der Waals surface area contributed by atoms with Gasteiger partial charge < -0.3 is 24.6 Å². The first-order valence-corrected chi connectivity index (χ1v) is 16.6. The van der Waals surface area contributed by atoms with E-state index >= 15 is 0 Å². The van der Waals surface area contributed by atoms with Crippen LogP contribution in [-0.4, -0.2) is 99.1 Å². The fourth-order valence-corrected chi connectivity index (χ4v) is 7.26. The Labute approximate surface area is 288 Å². The molecule has 2 fully saturated rings. The lowest BCUT2D eigenvalue weighted by Gasteiger charge is -2.38. The smallest absolute Gasteiger partial charge is 0.338 e. The summed E-state index contributed by atoms with van der Waals surface area (Å²) in [6.07, 6.45) is 3.47. The molecule has 2 saturated heterocycles. The second-order valence-corrected chi connectivity index (χ2v) is 13.1. The molecule has 3 aliphatic heterocycles. The number of carboxylic acid groups (broad SMARTS) is 1. The number of aryl methyl sites for hydroxylation is 1. The molecule has 0 aliphatic carbocycles. The fraction of sp³-hybridized carbons (Fsp3) is 0.273. The van der Waals surface area contributed by atoms with Gasteiger partial charge in [0.05, 0.1) is 36.5 Å². The lowest BCUT2D eigenvalue weighted by Crippen LogP contribution is -2.53. The second-order valence-electron chi connectivity index (χ2n) is 11.8. The molecule has 0 bridgehead atoms. The number of rotatable bonds is 8. The quantitative estimate of drug-likeness (QED) is 0.258. The highest BCUT2D eigenvalue weighted by Crippen LogP contribution is 2.37. The second kappa shape index (κ2) is 13.1. The van der Waals surface area contributed by atoms with Crippen molar-refractivity contribution < 1.29 is 28.6 Å². The number of nitrogens with zero attached hydrogens (tertiary/aromatic N) is 7. The molecule has 1 unspecified atom stereocenters. The van der Waals surface area contributed by atoms with E-state index in [2.05, 4.69) is 15.2 Å². The average Bonchev–Trinajstić information content (AvgIpc) is 3.84. The minimum absolute atomic E-state index is 0.128. The van der Waals surface area contributed by atoms with Gasteiger partial charge in [0.2, 0.25) is 5.95 Å². The number of thiazole rings is 1. The van der Waals surface area contributed by atoms with Crippen molar-refractivity contribution in [2.45, 2.75) is 12.1 Å². The van der Waals surface area contributed by atoms with Crippen LogP contribution in [0.3, 0.4) is 0 Å². The zero-order valence-corrected chi connectivity index (χ0v) is 27.9. The maximum Gasteiger partial charge on any atom is 0.338 e. The Morgan fingerprint density at radius 1 is 1.16 bits per heavy atom. The molecule has 2 aromatic heterocycles. The number of imidazole rings is 1. The van der Waals surface area contributed by atoms with E-state index in [1.54, 1.807) is 27.8 Å². The summed E-state index contributed by atoms with van der Waals surface area (Å²) in [6, 6.07) is 9.22. The lowest BCUT2D eigenvalue weighted by molar-refractivity contribution is -0.136. The average molecular weight is 705 g/mol. The summed E-state index contributed by atoms with van der Waals surface area (Å²) >= 11 is 7.87. The molecule has 7 rings (SSSR count). The van der Waals surface area contributed by atoms with Crippen molar-refractivity contribution in [1.29, 1.82) is 0 Å². The number of hydrogen-bond donors (Lipinski definition) is 2. The van der Waals surface area contributed by atoms with Crippen molar-refractivity contribution in [3.8, 4) is 11.3 Å². The summed E-state index contributed by atoms with van der Waals surface area (Å²) in [6.45, 7) is 2.20. The molecule has 3 aliphatic rings. The molecule has 2 atom stereocenters. The number of ether oxygens (including phenoxy) is 1. The normalized spacial score (nSPS) is 19.5. The van der Waals surface area contributed by atoms with E-state index in [1.165, 1.54) is 48.8 Å². The maximum absolute atomic E-state index is 14.0. The van der Waals surface area contributed by atoms with E-state index in [0.29, 0.717) is 66.5 Å². The van der Waals surface area contributed by atoms with E-state index in [0.717, 1.165) is 5.56 Å². The number of benzene rings is 2. The molecule has 2 aromatic carbocycles. The van der Waals surface area contributed by atoms with Gasteiger partial charge in [-0.2, -0.15) is 0 Å². The Bertz CT molecular complexity index is 2010. The third-order valence-electron chi connectivity index (χ3n) is 8.76. The number of amidine groups is 1. The van der Waals surface area contributed by atoms with Gasteiger partial charge in [0, 0.05) is 72.8 Å². The molecule has 0 radical (unpaired) electrons. The molecule has 2 amide bonds. The van der Waals surface area contributed by atoms with Crippen LogP contribution in [0.2, 0.25) is 5.02 Å². The number of methoxy groups -OCH3 is 1. The van der Waals surface area contributed by atoms with E-state index in [4.69, 9.17) is 26.3 Å². The number of esters is 1. The fourth-order valence-electron chi connectivity index (χ4n) is 6.40. The SMILES string of the molecule is COC(=O)C1=C(CN2CCN3C(=O)N(c4nc(-c5ccc(C(=O)O)cc5)cn4C)C[C@@H]3C2)NC(c2nccs2)=NC1c1ccc(F)cc1Cl. The molecule has 0 saturated carbocycles. The molecule has 5 heterocycles. The standard InChI is InChI=1S/C33H30ClFN8O5S/c1-40-16-24(18-3-5-19(6-4-18)30(44)45)38-32(40)43-15-21-14-41(10-11-42(21)33(43)47)17-25-26(31(46)48-2)27(22-8-7-20(35)13-23(22)34)39-28(37-25)29-36-9-12-49-29/h3-9,12-13,16,21,27H,10-11,14-15,17H2,1-2H3,(H,37,39)(H,44,45)/t21-,27?/m0/s1. The number of carboxylic acids is 1.